The lowest BCUT2D eigenvalue weighted by Gasteiger charge is -2.11. The van der Waals surface area contributed by atoms with Crippen LogP contribution < -0.4 is 11.1 Å². The van der Waals surface area contributed by atoms with Crippen molar-refractivity contribution in [2.24, 2.45) is 5.73 Å². The van der Waals surface area contributed by atoms with Crippen molar-refractivity contribution in [3.63, 3.8) is 0 Å². The van der Waals surface area contributed by atoms with Crippen LogP contribution in [-0.2, 0) is 6.42 Å². The number of hydrogen-bond donors (Lipinski definition) is 4. The van der Waals surface area contributed by atoms with Crippen LogP contribution in [-0.4, -0.2) is 38.0 Å². The molecule has 0 amide bonds. The number of nitrogens with two attached hydrogens (primary N) is 1. The fraction of sp³-hybridized carbons (Fsp3) is 0.190. The number of anilines is 1. The Labute approximate surface area is 171 Å². The fourth-order valence-corrected chi connectivity index (χ4v) is 4.30. The van der Waals surface area contributed by atoms with E-state index in [4.69, 9.17) is 5.73 Å². The number of rotatable bonds is 6. The molecule has 1 atom stereocenters. The van der Waals surface area contributed by atoms with Gasteiger partial charge in [0.15, 0.2) is 0 Å². The first-order chi connectivity index (χ1) is 14.2. The van der Waals surface area contributed by atoms with Crippen molar-refractivity contribution in [3.05, 3.63) is 59.9 Å². The molecule has 2 aromatic carbocycles. The second-order valence-electron chi connectivity index (χ2n) is 7.20. The van der Waals surface area contributed by atoms with Crippen LogP contribution in [0.3, 0.4) is 0 Å². The lowest BCUT2D eigenvalue weighted by molar-refractivity contribution is 0.701. The van der Waals surface area contributed by atoms with E-state index in [9.17, 15) is 0 Å². The number of aryl methyl sites for hydroxylation is 1. The van der Waals surface area contributed by atoms with Crippen molar-refractivity contribution >= 4 is 38.3 Å². The van der Waals surface area contributed by atoms with Crippen LogP contribution in [0, 0.1) is 6.92 Å². The van der Waals surface area contributed by atoms with E-state index >= 15 is 0 Å². The normalized spacial score (nSPS) is 12.6. The molecule has 0 unspecified atom stereocenters. The number of fused-ring (bicyclic) bond motifs is 2. The van der Waals surface area contributed by atoms with Crippen LogP contribution in [0.4, 0.5) is 5.13 Å². The molecule has 0 saturated heterocycles. The van der Waals surface area contributed by atoms with E-state index in [0.29, 0.717) is 6.54 Å². The lowest BCUT2D eigenvalue weighted by atomic mass is 10.1. The summed E-state index contributed by atoms with van der Waals surface area (Å²) in [4.78, 5) is 3.30. The van der Waals surface area contributed by atoms with Gasteiger partial charge in [-0.2, -0.15) is 5.10 Å². The van der Waals surface area contributed by atoms with Crippen molar-refractivity contribution in [2.75, 3.05) is 11.9 Å². The van der Waals surface area contributed by atoms with Crippen LogP contribution >= 0.6 is 11.3 Å². The number of H-pyrrole nitrogens is 2. The smallest absolute Gasteiger partial charge is 0.206 e. The van der Waals surface area contributed by atoms with E-state index in [1.54, 1.807) is 0 Å². The van der Waals surface area contributed by atoms with Crippen molar-refractivity contribution in [1.82, 2.24) is 25.4 Å². The molecule has 5 rings (SSSR count). The number of nitrogens with one attached hydrogen (secondary N) is 3. The fourth-order valence-electron chi connectivity index (χ4n) is 3.56. The van der Waals surface area contributed by atoms with E-state index < -0.39 is 0 Å². The predicted octanol–water partition coefficient (Wildman–Crippen LogP) is 3.85. The molecule has 0 aliphatic carbocycles. The van der Waals surface area contributed by atoms with E-state index in [2.05, 4.69) is 55.0 Å². The molecular weight excluding hydrogens is 382 g/mol. The summed E-state index contributed by atoms with van der Waals surface area (Å²) in [6.45, 7) is 2.65. The minimum absolute atomic E-state index is 0.0218. The summed E-state index contributed by atoms with van der Waals surface area (Å²) in [7, 11) is 0. The third kappa shape index (κ3) is 3.48. The number of aromatic amines is 2. The van der Waals surface area contributed by atoms with Crippen molar-refractivity contribution in [2.45, 2.75) is 19.4 Å². The number of nitrogens with zero attached hydrogens (tertiary/aromatic N) is 3. The molecule has 0 spiro atoms. The molecule has 0 aliphatic heterocycles. The Kier molecular flexibility index (Phi) is 4.49. The largest absolute Gasteiger partial charge is 0.361 e. The van der Waals surface area contributed by atoms with Gasteiger partial charge in [0.05, 0.1) is 5.52 Å². The van der Waals surface area contributed by atoms with Gasteiger partial charge >= 0.3 is 0 Å². The Balaban J connectivity index is 1.25. The van der Waals surface area contributed by atoms with Gasteiger partial charge in [0.2, 0.25) is 5.13 Å². The highest BCUT2D eigenvalue weighted by Crippen LogP contribution is 2.29. The number of aromatic nitrogens is 5. The second kappa shape index (κ2) is 7.31. The molecule has 0 bridgehead atoms. The van der Waals surface area contributed by atoms with Gasteiger partial charge in [-0.3, -0.25) is 5.10 Å². The highest BCUT2D eigenvalue weighted by atomic mass is 32.1. The summed E-state index contributed by atoms with van der Waals surface area (Å²) in [6.07, 6.45) is 2.83. The predicted molar refractivity (Wildman–Crippen MR) is 118 cm³/mol. The maximum atomic E-state index is 6.36. The van der Waals surface area contributed by atoms with Crippen LogP contribution in [0.2, 0.25) is 0 Å². The molecule has 7 nitrogen and oxygen atoms in total. The average Bonchev–Trinajstić information content (AvgIpc) is 3.46. The first-order valence-corrected chi connectivity index (χ1v) is 10.3. The van der Waals surface area contributed by atoms with Gasteiger partial charge in [0.25, 0.3) is 0 Å². The summed E-state index contributed by atoms with van der Waals surface area (Å²) in [5, 5.41) is 23.2. The summed E-state index contributed by atoms with van der Waals surface area (Å²) >= 11 is 1.53. The van der Waals surface area contributed by atoms with E-state index in [1.165, 1.54) is 22.3 Å². The topological polar surface area (TPSA) is 108 Å². The monoisotopic (exact) mass is 403 g/mol. The first-order valence-electron chi connectivity index (χ1n) is 9.50. The Morgan fingerprint density at radius 2 is 2.03 bits per heavy atom. The van der Waals surface area contributed by atoms with Gasteiger partial charge < -0.3 is 16.0 Å². The molecule has 0 radical (unpaired) electrons. The molecule has 8 heteroatoms. The molecule has 0 aliphatic rings. The first kappa shape index (κ1) is 17.8. The number of para-hydroxylation sites is 1. The SMILES string of the molecule is Cc1[nH]nc2ccc(-c3nnc(NC[C@@H](N)Cc4c[nH]c5ccccc45)s3)cc12. The molecule has 146 valence electrons. The third-order valence-electron chi connectivity index (χ3n) is 5.09. The Morgan fingerprint density at radius 1 is 1.14 bits per heavy atom. The van der Waals surface area contributed by atoms with Gasteiger partial charge in [-0.1, -0.05) is 29.5 Å². The quantitative estimate of drug-likeness (QED) is 0.344. The van der Waals surface area contributed by atoms with Crippen LogP contribution in [0.25, 0.3) is 32.4 Å². The van der Waals surface area contributed by atoms with Gasteiger partial charge in [0, 0.05) is 46.3 Å². The van der Waals surface area contributed by atoms with Gasteiger partial charge in [0.1, 0.15) is 5.01 Å². The Morgan fingerprint density at radius 3 is 2.97 bits per heavy atom. The Bertz CT molecular complexity index is 1280. The summed E-state index contributed by atoms with van der Waals surface area (Å²) in [6, 6.07) is 14.4. The molecule has 3 heterocycles. The highest BCUT2D eigenvalue weighted by Gasteiger charge is 2.12. The van der Waals surface area contributed by atoms with Gasteiger partial charge in [-0.05, 0) is 43.2 Å². The Hall–Kier alpha value is -3.23. The zero-order valence-corrected chi connectivity index (χ0v) is 16.8. The molecule has 3 aromatic heterocycles. The maximum Gasteiger partial charge on any atom is 0.206 e. The molecule has 0 saturated carbocycles. The summed E-state index contributed by atoms with van der Waals surface area (Å²) in [5.74, 6) is 0. The molecular formula is C21H21N7S. The van der Waals surface area contributed by atoms with Crippen LogP contribution in [0.15, 0.2) is 48.7 Å². The lowest BCUT2D eigenvalue weighted by Crippen LogP contribution is -2.31. The van der Waals surface area contributed by atoms with E-state index in [1.807, 2.05) is 31.3 Å². The summed E-state index contributed by atoms with van der Waals surface area (Å²) < 4.78 is 0. The molecule has 5 N–H and O–H groups in total. The van der Waals surface area contributed by atoms with Gasteiger partial charge in [-0.15, -0.1) is 10.2 Å². The van der Waals surface area contributed by atoms with Crippen molar-refractivity contribution < 1.29 is 0 Å². The number of hydrogen-bond acceptors (Lipinski definition) is 6. The second-order valence-corrected chi connectivity index (χ2v) is 8.18. The zero-order valence-electron chi connectivity index (χ0n) is 15.9. The van der Waals surface area contributed by atoms with Gasteiger partial charge in [-0.25, -0.2) is 0 Å². The molecule has 5 aromatic rings. The highest BCUT2D eigenvalue weighted by molar-refractivity contribution is 7.18. The zero-order chi connectivity index (χ0) is 19.8. The average molecular weight is 404 g/mol. The van der Waals surface area contributed by atoms with E-state index in [-0.39, 0.29) is 6.04 Å². The summed E-state index contributed by atoms with van der Waals surface area (Å²) in [5.41, 5.74) is 11.8. The molecule has 29 heavy (non-hydrogen) atoms. The minimum Gasteiger partial charge on any atom is -0.361 e. The minimum atomic E-state index is -0.0218. The van der Waals surface area contributed by atoms with Crippen molar-refractivity contribution in [3.8, 4) is 10.6 Å². The van der Waals surface area contributed by atoms with Crippen molar-refractivity contribution in [1.29, 1.82) is 0 Å². The van der Waals surface area contributed by atoms with E-state index in [0.717, 1.165) is 44.2 Å². The molecule has 0 fully saturated rings. The standard InChI is InChI=1S/C21H21N7S/c1-12-17-9-13(6-7-19(17)26-25-12)20-27-28-21(29-20)24-11-15(22)8-14-10-23-18-5-3-2-4-16(14)18/h2-7,9-10,15,23H,8,11,22H2,1H3,(H,24,28)(H,25,26)/t15-/m0/s1. The van der Waals surface area contributed by atoms with Crippen LogP contribution in [0.1, 0.15) is 11.3 Å². The van der Waals surface area contributed by atoms with Crippen LogP contribution in [0.5, 0.6) is 0 Å². The maximum absolute atomic E-state index is 6.36. The number of benzene rings is 2. The third-order valence-corrected chi connectivity index (χ3v) is 6.02.